The molecule has 136 valence electrons. The highest BCUT2D eigenvalue weighted by Crippen LogP contribution is 2.21. The van der Waals surface area contributed by atoms with Crippen LogP contribution in [0.1, 0.15) is 41.1 Å². The van der Waals surface area contributed by atoms with Gasteiger partial charge in [-0.05, 0) is 48.8 Å². The van der Waals surface area contributed by atoms with Crippen molar-refractivity contribution in [2.45, 2.75) is 33.2 Å². The molecule has 0 unspecified atom stereocenters. The zero-order valence-corrected chi connectivity index (χ0v) is 16.3. The number of benzene rings is 1. The van der Waals surface area contributed by atoms with Crippen LogP contribution < -0.4 is 5.56 Å². The number of esters is 1. The van der Waals surface area contributed by atoms with E-state index in [0.29, 0.717) is 28.9 Å². The van der Waals surface area contributed by atoms with E-state index in [4.69, 9.17) is 17.0 Å². The highest BCUT2D eigenvalue weighted by molar-refractivity contribution is 7.71. The van der Waals surface area contributed by atoms with Crippen LogP contribution in [-0.4, -0.2) is 22.1 Å². The van der Waals surface area contributed by atoms with Gasteiger partial charge in [-0.15, -0.1) is 11.3 Å². The van der Waals surface area contributed by atoms with Crippen LogP contribution >= 0.6 is 23.6 Å². The lowest BCUT2D eigenvalue weighted by Gasteiger charge is -2.08. The third kappa shape index (κ3) is 3.78. The summed E-state index contributed by atoms with van der Waals surface area (Å²) in [7, 11) is 0. The molecule has 0 aliphatic rings. The Hall–Kier alpha value is -2.25. The third-order valence-corrected chi connectivity index (χ3v) is 5.53. The van der Waals surface area contributed by atoms with E-state index < -0.39 is 0 Å². The van der Waals surface area contributed by atoms with E-state index >= 15 is 0 Å². The van der Waals surface area contributed by atoms with Crippen molar-refractivity contribution in [3.05, 3.63) is 61.5 Å². The summed E-state index contributed by atoms with van der Waals surface area (Å²) in [6.07, 6.45) is 1.65. The van der Waals surface area contributed by atoms with E-state index in [-0.39, 0.29) is 11.5 Å². The van der Waals surface area contributed by atoms with Gasteiger partial charge in [0.05, 0.1) is 24.1 Å². The minimum atomic E-state index is -0.355. The third-order valence-electron chi connectivity index (χ3n) is 4.01. The summed E-state index contributed by atoms with van der Waals surface area (Å²) in [6, 6.07) is 9.03. The smallest absolute Gasteiger partial charge is 0.338 e. The van der Waals surface area contributed by atoms with Gasteiger partial charge in [-0.2, -0.15) is 0 Å². The number of hydrogen-bond donors (Lipinski definition) is 1. The number of thiophene rings is 1. The molecule has 1 aromatic carbocycles. The molecule has 0 saturated carbocycles. The summed E-state index contributed by atoms with van der Waals surface area (Å²) < 4.78 is 7.08. The summed E-state index contributed by atoms with van der Waals surface area (Å²) in [6.45, 7) is 4.70. The first-order valence-electron chi connectivity index (χ1n) is 8.55. The molecule has 5 nitrogen and oxygen atoms in total. The fourth-order valence-corrected chi connectivity index (χ4v) is 3.97. The first-order chi connectivity index (χ1) is 12.5. The Morgan fingerprint density at radius 2 is 2.12 bits per heavy atom. The number of nitrogens with zero attached hydrogens (tertiary/aromatic N) is 1. The quantitative estimate of drug-likeness (QED) is 0.505. The van der Waals surface area contributed by atoms with Gasteiger partial charge in [0, 0.05) is 4.88 Å². The molecule has 2 heterocycles. The Morgan fingerprint density at radius 3 is 2.85 bits per heavy atom. The van der Waals surface area contributed by atoms with Crippen LogP contribution in [-0.2, 0) is 17.7 Å². The van der Waals surface area contributed by atoms with E-state index in [0.717, 1.165) is 28.1 Å². The van der Waals surface area contributed by atoms with Crippen LogP contribution in [0.15, 0.2) is 35.1 Å². The van der Waals surface area contributed by atoms with Crippen molar-refractivity contribution in [3.63, 3.8) is 0 Å². The zero-order valence-electron chi connectivity index (χ0n) is 14.7. The normalized spacial score (nSPS) is 11.0. The molecule has 0 aliphatic heterocycles. The standard InChI is InChI=1S/C19H20N2O3S2/c1-3-8-24-18(23)13-7-5-6-12(9-13)11-21-17(22)15-10-14(4-2)26-16(15)20-19(21)25/h5-7,9-10H,3-4,8,11H2,1-2H3,(H,20,25). The number of H-pyrrole nitrogens is 1. The average molecular weight is 389 g/mol. The summed E-state index contributed by atoms with van der Waals surface area (Å²) in [5.74, 6) is -0.355. The highest BCUT2D eigenvalue weighted by atomic mass is 32.1. The number of ether oxygens (including phenoxy) is 1. The molecule has 0 amide bonds. The SMILES string of the molecule is CCCOC(=O)c1cccc(Cn2c(=S)[nH]c3sc(CC)cc3c2=O)c1. The van der Waals surface area contributed by atoms with Crippen LogP contribution in [0.4, 0.5) is 0 Å². The maximum atomic E-state index is 12.8. The van der Waals surface area contributed by atoms with Crippen molar-refractivity contribution in [1.82, 2.24) is 9.55 Å². The van der Waals surface area contributed by atoms with Crippen molar-refractivity contribution in [3.8, 4) is 0 Å². The fourth-order valence-electron chi connectivity index (χ4n) is 2.67. The van der Waals surface area contributed by atoms with Crippen molar-refractivity contribution >= 4 is 39.7 Å². The molecule has 0 fully saturated rings. The Labute approximate surface area is 160 Å². The molecule has 2 aromatic heterocycles. The fraction of sp³-hybridized carbons (Fsp3) is 0.316. The molecule has 1 N–H and O–H groups in total. The van der Waals surface area contributed by atoms with E-state index in [1.54, 1.807) is 29.5 Å². The summed E-state index contributed by atoms with van der Waals surface area (Å²) >= 11 is 6.93. The summed E-state index contributed by atoms with van der Waals surface area (Å²) in [4.78, 5) is 30.0. The molecule has 3 aromatic rings. The van der Waals surface area contributed by atoms with Crippen LogP contribution in [0.25, 0.3) is 10.2 Å². The maximum absolute atomic E-state index is 12.8. The van der Waals surface area contributed by atoms with Gasteiger partial charge < -0.3 is 9.72 Å². The number of aryl methyl sites for hydroxylation is 1. The maximum Gasteiger partial charge on any atom is 0.338 e. The molecular weight excluding hydrogens is 368 g/mol. The number of hydrogen-bond acceptors (Lipinski definition) is 5. The van der Waals surface area contributed by atoms with Gasteiger partial charge in [-0.1, -0.05) is 26.0 Å². The van der Waals surface area contributed by atoms with Gasteiger partial charge in [0.1, 0.15) is 4.83 Å². The molecule has 0 radical (unpaired) electrons. The largest absolute Gasteiger partial charge is 0.462 e. The molecule has 26 heavy (non-hydrogen) atoms. The van der Waals surface area contributed by atoms with Crippen molar-refractivity contribution in [2.24, 2.45) is 0 Å². The lowest BCUT2D eigenvalue weighted by molar-refractivity contribution is 0.0505. The second-order valence-electron chi connectivity index (χ2n) is 5.97. The molecule has 0 atom stereocenters. The Morgan fingerprint density at radius 1 is 1.31 bits per heavy atom. The molecule has 0 spiro atoms. The summed E-state index contributed by atoms with van der Waals surface area (Å²) in [5.41, 5.74) is 1.19. The molecule has 3 rings (SSSR count). The number of fused-ring (bicyclic) bond motifs is 1. The van der Waals surface area contributed by atoms with Crippen LogP contribution in [0.2, 0.25) is 0 Å². The Balaban J connectivity index is 1.95. The number of aromatic amines is 1. The van der Waals surface area contributed by atoms with E-state index in [9.17, 15) is 9.59 Å². The molecule has 0 bridgehead atoms. The van der Waals surface area contributed by atoms with Gasteiger partial charge in [-0.3, -0.25) is 9.36 Å². The molecule has 0 saturated heterocycles. The van der Waals surface area contributed by atoms with E-state index in [2.05, 4.69) is 11.9 Å². The zero-order chi connectivity index (χ0) is 18.7. The second kappa shape index (κ2) is 7.97. The lowest BCUT2D eigenvalue weighted by Crippen LogP contribution is -2.22. The molecule has 0 aliphatic carbocycles. The molecule has 7 heteroatoms. The van der Waals surface area contributed by atoms with Crippen LogP contribution in [0.3, 0.4) is 0 Å². The number of aromatic nitrogens is 2. The topological polar surface area (TPSA) is 64.1 Å². The summed E-state index contributed by atoms with van der Waals surface area (Å²) in [5, 5.41) is 0.652. The number of nitrogens with one attached hydrogen (secondary N) is 1. The predicted octanol–water partition coefficient (Wildman–Crippen LogP) is 4.30. The van der Waals surface area contributed by atoms with Gasteiger partial charge in [0.2, 0.25) is 0 Å². The predicted molar refractivity (Wildman–Crippen MR) is 107 cm³/mol. The average Bonchev–Trinajstić information content (AvgIpc) is 3.06. The lowest BCUT2D eigenvalue weighted by atomic mass is 10.1. The van der Waals surface area contributed by atoms with E-state index in [1.165, 1.54) is 4.57 Å². The van der Waals surface area contributed by atoms with E-state index in [1.807, 2.05) is 19.1 Å². The Kier molecular flexibility index (Phi) is 5.68. The number of carbonyl (C=O) groups is 1. The molecular formula is C19H20N2O3S2. The van der Waals surface area contributed by atoms with Gasteiger partial charge in [-0.25, -0.2) is 4.79 Å². The first-order valence-corrected chi connectivity index (χ1v) is 9.77. The monoisotopic (exact) mass is 388 g/mol. The number of rotatable bonds is 6. The van der Waals surface area contributed by atoms with Gasteiger partial charge >= 0.3 is 5.97 Å². The van der Waals surface area contributed by atoms with Crippen LogP contribution in [0, 0.1) is 4.77 Å². The highest BCUT2D eigenvalue weighted by Gasteiger charge is 2.11. The number of carbonyl (C=O) groups excluding carboxylic acids is 1. The first kappa shape index (κ1) is 18.5. The van der Waals surface area contributed by atoms with Crippen molar-refractivity contribution in [2.75, 3.05) is 6.61 Å². The van der Waals surface area contributed by atoms with Crippen molar-refractivity contribution in [1.29, 1.82) is 0 Å². The minimum Gasteiger partial charge on any atom is -0.462 e. The van der Waals surface area contributed by atoms with Crippen LogP contribution in [0.5, 0.6) is 0 Å². The minimum absolute atomic E-state index is 0.112. The second-order valence-corrected chi connectivity index (χ2v) is 7.49. The Bertz CT molecular complexity index is 1060. The van der Waals surface area contributed by atoms with Crippen molar-refractivity contribution < 1.29 is 9.53 Å². The van der Waals surface area contributed by atoms with Gasteiger partial charge in [0.25, 0.3) is 5.56 Å². The van der Waals surface area contributed by atoms with Gasteiger partial charge in [0.15, 0.2) is 4.77 Å².